The van der Waals surface area contributed by atoms with Crippen LogP contribution in [0.3, 0.4) is 0 Å². The summed E-state index contributed by atoms with van der Waals surface area (Å²) in [7, 11) is 0. The number of benzene rings is 1. The van der Waals surface area contributed by atoms with E-state index in [0.717, 1.165) is 12.2 Å². The van der Waals surface area contributed by atoms with Crippen LogP contribution in [-0.2, 0) is 4.79 Å². The van der Waals surface area contributed by atoms with Gasteiger partial charge in [0.25, 0.3) is 0 Å². The van der Waals surface area contributed by atoms with Gasteiger partial charge in [0.15, 0.2) is 0 Å². The van der Waals surface area contributed by atoms with Crippen molar-refractivity contribution in [1.29, 1.82) is 5.26 Å². The van der Waals surface area contributed by atoms with Crippen LogP contribution in [0.4, 0.5) is 5.69 Å². The average molecular weight is 298 g/mol. The van der Waals surface area contributed by atoms with Crippen LogP contribution in [0, 0.1) is 11.3 Å². The Morgan fingerprint density at radius 2 is 2.37 bits per heavy atom. The molecule has 1 aromatic rings. The van der Waals surface area contributed by atoms with Gasteiger partial charge >= 0.3 is 0 Å². The Morgan fingerprint density at radius 1 is 1.63 bits per heavy atom. The Balaban J connectivity index is 2.45. The number of carbonyl (C=O) groups excluding carboxylic acids is 1. The molecule has 4 nitrogen and oxygen atoms in total. The second-order valence-electron chi connectivity index (χ2n) is 4.04. The molecule has 1 amide bonds. The zero-order valence-electron chi connectivity index (χ0n) is 10.6. The molecule has 0 aliphatic carbocycles. The Kier molecular flexibility index (Phi) is 6.71. The lowest BCUT2D eigenvalue weighted by Gasteiger charge is -2.09. The number of rotatable bonds is 6. The maximum Gasteiger partial charge on any atom is 0.234 e. The quantitative estimate of drug-likeness (QED) is 0.846. The maximum absolute atomic E-state index is 11.7. The van der Waals surface area contributed by atoms with Gasteiger partial charge in [-0.1, -0.05) is 18.5 Å². The highest BCUT2D eigenvalue weighted by atomic mass is 35.5. The van der Waals surface area contributed by atoms with Crippen LogP contribution in [0.25, 0.3) is 0 Å². The lowest BCUT2D eigenvalue weighted by molar-refractivity contribution is -0.113. The number of anilines is 1. The highest BCUT2D eigenvalue weighted by Crippen LogP contribution is 2.20. The monoisotopic (exact) mass is 297 g/mol. The first-order valence-corrected chi connectivity index (χ1v) is 7.43. The van der Waals surface area contributed by atoms with Crippen LogP contribution < -0.4 is 11.1 Å². The summed E-state index contributed by atoms with van der Waals surface area (Å²) in [4.78, 5) is 11.7. The zero-order chi connectivity index (χ0) is 14.3. The number of nitriles is 1. The van der Waals surface area contributed by atoms with Gasteiger partial charge < -0.3 is 11.1 Å². The third kappa shape index (κ3) is 5.52. The van der Waals surface area contributed by atoms with Crippen molar-refractivity contribution in [2.24, 2.45) is 5.73 Å². The van der Waals surface area contributed by atoms with Crippen molar-refractivity contribution in [1.82, 2.24) is 0 Å². The predicted molar refractivity (Wildman–Crippen MR) is 80.4 cm³/mol. The number of hydrogen-bond donors (Lipinski definition) is 2. The lowest BCUT2D eigenvalue weighted by Crippen LogP contribution is -2.23. The first-order valence-electron chi connectivity index (χ1n) is 5.89. The van der Waals surface area contributed by atoms with Crippen molar-refractivity contribution in [2.45, 2.75) is 19.4 Å². The van der Waals surface area contributed by atoms with E-state index in [4.69, 9.17) is 22.6 Å². The fraction of sp³-hybridized carbons (Fsp3) is 0.385. The molecular formula is C13H16ClN3OS. The number of nitrogens with two attached hydrogens (primary N) is 1. The van der Waals surface area contributed by atoms with Gasteiger partial charge in [-0.2, -0.15) is 17.0 Å². The molecule has 1 atom stereocenters. The van der Waals surface area contributed by atoms with Gasteiger partial charge in [0.2, 0.25) is 5.91 Å². The number of nitrogens with one attached hydrogen (secondary N) is 1. The summed E-state index contributed by atoms with van der Waals surface area (Å²) in [6.45, 7) is 2.02. The van der Waals surface area contributed by atoms with Crippen molar-refractivity contribution in [2.75, 3.05) is 16.8 Å². The van der Waals surface area contributed by atoms with E-state index in [9.17, 15) is 4.79 Å². The Hall–Kier alpha value is -1.22. The van der Waals surface area contributed by atoms with Gasteiger partial charge in [-0.05, 0) is 24.6 Å². The molecule has 0 bridgehead atoms. The first kappa shape index (κ1) is 15.8. The number of hydrogen-bond acceptors (Lipinski definition) is 4. The minimum atomic E-state index is -0.103. The molecule has 0 spiro atoms. The van der Waals surface area contributed by atoms with Crippen molar-refractivity contribution in [3.8, 4) is 6.07 Å². The zero-order valence-corrected chi connectivity index (χ0v) is 12.2. The highest BCUT2D eigenvalue weighted by Gasteiger charge is 2.06. The van der Waals surface area contributed by atoms with E-state index in [1.807, 2.05) is 13.0 Å². The largest absolute Gasteiger partial charge is 0.327 e. The average Bonchev–Trinajstić information content (AvgIpc) is 2.38. The highest BCUT2D eigenvalue weighted by molar-refractivity contribution is 8.00. The van der Waals surface area contributed by atoms with E-state index >= 15 is 0 Å². The number of carbonyl (C=O) groups is 1. The molecule has 0 aromatic heterocycles. The SMILES string of the molecule is CCC(N)CSCC(=O)Nc1ccc(C#N)c(Cl)c1. The molecule has 3 N–H and O–H groups in total. The van der Waals surface area contributed by atoms with Gasteiger partial charge in [-0.15, -0.1) is 0 Å². The molecule has 0 heterocycles. The first-order chi connectivity index (χ1) is 9.06. The van der Waals surface area contributed by atoms with E-state index in [0.29, 0.717) is 22.0 Å². The van der Waals surface area contributed by atoms with Crippen LogP contribution in [0.2, 0.25) is 5.02 Å². The van der Waals surface area contributed by atoms with Gasteiger partial charge in [0, 0.05) is 17.5 Å². The van der Waals surface area contributed by atoms with E-state index in [-0.39, 0.29) is 11.9 Å². The molecular weight excluding hydrogens is 282 g/mol. The van der Waals surface area contributed by atoms with Crippen molar-refractivity contribution in [3.05, 3.63) is 28.8 Å². The number of thioether (sulfide) groups is 1. The summed E-state index contributed by atoms with van der Waals surface area (Å²) in [5.74, 6) is 1.01. The molecule has 102 valence electrons. The van der Waals surface area contributed by atoms with Crippen molar-refractivity contribution >= 4 is 35.0 Å². The van der Waals surface area contributed by atoms with Crippen LogP contribution in [0.15, 0.2) is 18.2 Å². The van der Waals surface area contributed by atoms with Gasteiger partial charge in [0.1, 0.15) is 6.07 Å². The summed E-state index contributed by atoms with van der Waals surface area (Å²) in [6.07, 6.45) is 0.903. The second kappa shape index (κ2) is 8.05. The van der Waals surface area contributed by atoms with Crippen LogP contribution in [0.5, 0.6) is 0 Å². The fourth-order valence-electron chi connectivity index (χ4n) is 1.30. The minimum Gasteiger partial charge on any atom is -0.327 e. The number of nitrogens with zero attached hydrogens (tertiary/aromatic N) is 1. The van der Waals surface area contributed by atoms with Gasteiger partial charge in [-0.3, -0.25) is 4.79 Å². The standard InChI is InChI=1S/C13H16ClN3OS/c1-2-10(16)7-19-8-13(18)17-11-4-3-9(6-15)12(14)5-11/h3-5,10H,2,7-8,16H2,1H3,(H,17,18). The summed E-state index contributed by atoms with van der Waals surface area (Å²) in [5.41, 5.74) is 6.75. The third-order valence-corrected chi connectivity index (χ3v) is 3.91. The molecule has 19 heavy (non-hydrogen) atoms. The van der Waals surface area contributed by atoms with Gasteiger partial charge in [0.05, 0.1) is 16.3 Å². The smallest absolute Gasteiger partial charge is 0.234 e. The third-order valence-electron chi connectivity index (χ3n) is 2.46. The molecule has 0 aliphatic rings. The summed E-state index contributed by atoms with van der Waals surface area (Å²) >= 11 is 7.38. The molecule has 1 aromatic carbocycles. The molecule has 1 unspecified atom stereocenters. The number of halogens is 1. The van der Waals surface area contributed by atoms with Crippen LogP contribution in [-0.4, -0.2) is 23.5 Å². The van der Waals surface area contributed by atoms with Gasteiger partial charge in [-0.25, -0.2) is 0 Å². The summed E-state index contributed by atoms with van der Waals surface area (Å²) < 4.78 is 0. The van der Waals surface area contributed by atoms with Crippen molar-refractivity contribution < 1.29 is 4.79 Å². The molecule has 6 heteroatoms. The van der Waals surface area contributed by atoms with E-state index in [1.54, 1.807) is 18.2 Å². The van der Waals surface area contributed by atoms with E-state index in [2.05, 4.69) is 5.32 Å². The molecule has 1 rings (SSSR count). The predicted octanol–water partition coefficient (Wildman–Crippen LogP) is 2.62. The van der Waals surface area contributed by atoms with Crippen LogP contribution >= 0.6 is 23.4 Å². The minimum absolute atomic E-state index is 0.103. The molecule has 0 saturated heterocycles. The lowest BCUT2D eigenvalue weighted by atomic mass is 10.2. The molecule has 0 fully saturated rings. The van der Waals surface area contributed by atoms with Crippen molar-refractivity contribution in [3.63, 3.8) is 0 Å². The molecule has 0 radical (unpaired) electrons. The normalized spacial score (nSPS) is 11.7. The molecule has 0 aliphatic heterocycles. The van der Waals surface area contributed by atoms with Crippen LogP contribution in [0.1, 0.15) is 18.9 Å². The maximum atomic E-state index is 11.7. The topological polar surface area (TPSA) is 78.9 Å². The van der Waals surface area contributed by atoms with E-state index < -0.39 is 0 Å². The second-order valence-corrected chi connectivity index (χ2v) is 5.48. The Labute approximate surface area is 122 Å². The van der Waals surface area contributed by atoms with E-state index in [1.165, 1.54) is 11.8 Å². The Morgan fingerprint density at radius 3 is 2.95 bits per heavy atom. The summed E-state index contributed by atoms with van der Waals surface area (Å²) in [5, 5.41) is 11.8. The number of amides is 1. The fourth-order valence-corrected chi connectivity index (χ4v) is 2.44. The molecule has 0 saturated carbocycles. The summed E-state index contributed by atoms with van der Waals surface area (Å²) in [6, 6.07) is 6.90. The Bertz CT molecular complexity index is 487.